The van der Waals surface area contributed by atoms with Gasteiger partial charge in [-0.25, -0.2) is 4.79 Å². The molecule has 1 aliphatic heterocycles. The number of hydrogen-bond acceptors (Lipinski definition) is 5. The molecule has 1 saturated heterocycles. The zero-order chi connectivity index (χ0) is 12.3. The van der Waals surface area contributed by atoms with Crippen molar-refractivity contribution >= 4 is 39.5 Å². The van der Waals surface area contributed by atoms with Crippen molar-refractivity contribution in [2.45, 2.75) is 31.0 Å². The smallest absolute Gasteiger partial charge is 0.330 e. The van der Waals surface area contributed by atoms with Crippen molar-refractivity contribution in [2.75, 3.05) is 0 Å². The molecule has 6 nitrogen and oxygen atoms in total. The second kappa shape index (κ2) is 5.20. The molecule has 0 saturated carbocycles. The van der Waals surface area contributed by atoms with Crippen LogP contribution in [-0.2, 0) is 24.0 Å². The predicted octanol–water partition coefficient (Wildman–Crippen LogP) is 0.336. The lowest BCUT2D eigenvalue weighted by atomic mass is 10.2. The number of carbonyl (C=O) groups excluding carboxylic acids is 4. The Bertz CT molecular complexity index is 338. The van der Waals surface area contributed by atoms with Crippen LogP contribution in [0.2, 0.25) is 0 Å². The molecular formula is C9H10BrNO5. The first kappa shape index (κ1) is 12.8. The highest BCUT2D eigenvalue weighted by Gasteiger charge is 2.33. The molecule has 0 aromatic rings. The van der Waals surface area contributed by atoms with Crippen molar-refractivity contribution in [1.82, 2.24) is 5.06 Å². The van der Waals surface area contributed by atoms with Gasteiger partial charge in [-0.2, -0.15) is 0 Å². The van der Waals surface area contributed by atoms with Crippen LogP contribution in [0.25, 0.3) is 0 Å². The van der Waals surface area contributed by atoms with Crippen LogP contribution >= 0.6 is 15.9 Å². The summed E-state index contributed by atoms with van der Waals surface area (Å²) >= 11 is 2.98. The highest BCUT2D eigenvalue weighted by atomic mass is 79.9. The largest absolute Gasteiger partial charge is 0.334 e. The van der Waals surface area contributed by atoms with Crippen LogP contribution in [-0.4, -0.2) is 33.5 Å². The highest BCUT2D eigenvalue weighted by Crippen LogP contribution is 2.14. The van der Waals surface area contributed by atoms with Crippen LogP contribution in [0.4, 0.5) is 0 Å². The van der Waals surface area contributed by atoms with E-state index in [0.29, 0.717) is 5.06 Å². The van der Waals surface area contributed by atoms with Crippen LogP contribution in [0.15, 0.2) is 0 Å². The van der Waals surface area contributed by atoms with Crippen LogP contribution in [0.5, 0.6) is 0 Å². The minimum absolute atomic E-state index is 0.0521. The molecule has 1 unspecified atom stereocenters. The van der Waals surface area contributed by atoms with Gasteiger partial charge in [0.15, 0.2) is 0 Å². The first-order chi connectivity index (χ1) is 7.41. The summed E-state index contributed by atoms with van der Waals surface area (Å²) in [7, 11) is 0. The topological polar surface area (TPSA) is 80.8 Å². The molecule has 0 aromatic carbocycles. The molecule has 1 atom stereocenters. The van der Waals surface area contributed by atoms with Gasteiger partial charge in [0.2, 0.25) is 0 Å². The lowest BCUT2D eigenvalue weighted by molar-refractivity contribution is -0.197. The molecule has 7 heteroatoms. The maximum Gasteiger partial charge on any atom is 0.334 e. The number of imide groups is 1. The lowest BCUT2D eigenvalue weighted by Crippen LogP contribution is -2.33. The summed E-state index contributed by atoms with van der Waals surface area (Å²) in [6, 6.07) is 0. The third-order valence-electron chi connectivity index (χ3n) is 1.99. The maximum atomic E-state index is 11.3. The molecule has 1 aliphatic rings. The zero-order valence-electron chi connectivity index (χ0n) is 8.57. The Balaban J connectivity index is 2.48. The summed E-state index contributed by atoms with van der Waals surface area (Å²) in [6.45, 7) is 1.32. The van der Waals surface area contributed by atoms with E-state index in [9.17, 15) is 19.2 Å². The predicted molar refractivity (Wildman–Crippen MR) is 55.2 cm³/mol. The van der Waals surface area contributed by atoms with Crippen molar-refractivity contribution in [3.05, 3.63) is 0 Å². The maximum absolute atomic E-state index is 11.3. The second-order valence-corrected chi connectivity index (χ2v) is 4.43. The Hall–Kier alpha value is -1.24. The molecule has 1 fully saturated rings. The van der Waals surface area contributed by atoms with Crippen molar-refractivity contribution in [3.8, 4) is 0 Å². The van der Waals surface area contributed by atoms with E-state index in [2.05, 4.69) is 20.8 Å². The summed E-state index contributed by atoms with van der Waals surface area (Å²) in [5.74, 6) is -2.09. The van der Waals surface area contributed by atoms with E-state index in [1.807, 2.05) is 0 Å². The molecule has 0 bridgehead atoms. The van der Waals surface area contributed by atoms with E-state index in [0.717, 1.165) is 0 Å². The second-order valence-electron chi connectivity index (χ2n) is 3.33. The van der Waals surface area contributed by atoms with Gasteiger partial charge in [-0.3, -0.25) is 14.4 Å². The van der Waals surface area contributed by atoms with Crippen molar-refractivity contribution in [3.63, 3.8) is 0 Å². The highest BCUT2D eigenvalue weighted by molar-refractivity contribution is 9.10. The van der Waals surface area contributed by atoms with Gasteiger partial charge in [-0.05, 0) is 6.92 Å². The Labute approximate surface area is 100.0 Å². The monoisotopic (exact) mass is 291 g/mol. The number of hydroxylamine groups is 2. The number of amides is 2. The number of hydrogen-bond donors (Lipinski definition) is 0. The van der Waals surface area contributed by atoms with E-state index in [4.69, 9.17) is 0 Å². The van der Waals surface area contributed by atoms with Crippen LogP contribution < -0.4 is 0 Å². The van der Waals surface area contributed by atoms with E-state index >= 15 is 0 Å². The number of carbonyl (C=O) groups is 4. The summed E-state index contributed by atoms with van der Waals surface area (Å²) < 4.78 is 0. The average Bonchev–Trinajstić information content (AvgIpc) is 2.49. The van der Waals surface area contributed by atoms with E-state index in [1.165, 1.54) is 6.92 Å². The molecule has 0 spiro atoms. The molecule has 2 amide bonds. The molecule has 1 rings (SSSR count). The Morgan fingerprint density at radius 1 is 1.38 bits per heavy atom. The van der Waals surface area contributed by atoms with Crippen LogP contribution in [0.1, 0.15) is 26.2 Å². The van der Waals surface area contributed by atoms with Gasteiger partial charge in [0.05, 0.1) is 11.2 Å². The van der Waals surface area contributed by atoms with Crippen molar-refractivity contribution in [2.24, 2.45) is 0 Å². The van der Waals surface area contributed by atoms with Crippen LogP contribution in [0, 0.1) is 0 Å². The fourth-order valence-electron chi connectivity index (χ4n) is 1.09. The summed E-state index contributed by atoms with van der Waals surface area (Å²) in [6.07, 6.45) is -0.112. The summed E-state index contributed by atoms with van der Waals surface area (Å²) in [5, 5.41) is 0.461. The fourth-order valence-corrected chi connectivity index (χ4v) is 1.35. The lowest BCUT2D eigenvalue weighted by Gasteiger charge is -2.13. The number of alkyl halides is 1. The first-order valence-corrected chi connectivity index (χ1v) is 5.54. The molecular weight excluding hydrogens is 282 g/mol. The number of ketones is 1. The van der Waals surface area contributed by atoms with Crippen molar-refractivity contribution in [1.29, 1.82) is 0 Å². The van der Waals surface area contributed by atoms with Gasteiger partial charge in [0, 0.05) is 12.8 Å². The normalized spacial score (nSPS) is 17.5. The molecule has 0 radical (unpaired) electrons. The van der Waals surface area contributed by atoms with Crippen LogP contribution in [0.3, 0.4) is 0 Å². The Morgan fingerprint density at radius 2 is 1.88 bits per heavy atom. The average molecular weight is 292 g/mol. The number of Topliss-reactive ketones (excluding diaryl/α,β-unsaturated/α-hetero) is 1. The molecule has 88 valence electrons. The van der Waals surface area contributed by atoms with Crippen molar-refractivity contribution < 1.29 is 24.0 Å². The Kier molecular flexibility index (Phi) is 4.17. The molecule has 16 heavy (non-hydrogen) atoms. The quantitative estimate of drug-likeness (QED) is 0.551. The first-order valence-electron chi connectivity index (χ1n) is 4.63. The fraction of sp³-hybridized carbons (Fsp3) is 0.556. The van der Waals surface area contributed by atoms with Gasteiger partial charge in [0.25, 0.3) is 11.8 Å². The number of halogens is 1. The molecule has 0 aromatic heterocycles. The van der Waals surface area contributed by atoms with E-state index in [-0.39, 0.29) is 25.0 Å². The number of nitrogens with zero attached hydrogens (tertiary/aromatic N) is 1. The van der Waals surface area contributed by atoms with Gasteiger partial charge in [0.1, 0.15) is 5.78 Å². The molecule has 1 heterocycles. The minimum Gasteiger partial charge on any atom is -0.330 e. The SMILES string of the molecule is CC(=O)C(Br)CC(=O)ON1C(=O)CCC1=O. The summed E-state index contributed by atoms with van der Waals surface area (Å²) in [4.78, 5) is 48.2. The Morgan fingerprint density at radius 3 is 2.31 bits per heavy atom. The van der Waals surface area contributed by atoms with Gasteiger partial charge < -0.3 is 4.84 Å². The standard InChI is InChI=1S/C9H10BrNO5/c1-5(12)6(10)4-9(15)16-11-7(13)2-3-8(11)14/h6H,2-4H2,1H3. The zero-order valence-corrected chi connectivity index (χ0v) is 10.2. The van der Waals surface area contributed by atoms with Gasteiger partial charge in [-0.1, -0.05) is 15.9 Å². The van der Waals surface area contributed by atoms with Gasteiger partial charge >= 0.3 is 5.97 Å². The molecule has 0 aliphatic carbocycles. The van der Waals surface area contributed by atoms with Gasteiger partial charge in [-0.15, -0.1) is 5.06 Å². The third kappa shape index (κ3) is 3.13. The van der Waals surface area contributed by atoms with E-state index in [1.54, 1.807) is 0 Å². The summed E-state index contributed by atoms with van der Waals surface area (Å²) in [5.41, 5.74) is 0. The number of rotatable bonds is 4. The van der Waals surface area contributed by atoms with E-state index < -0.39 is 22.6 Å². The molecule has 0 N–H and O–H groups in total. The third-order valence-corrected chi connectivity index (χ3v) is 2.95. The minimum atomic E-state index is -0.791.